The summed E-state index contributed by atoms with van der Waals surface area (Å²) in [5.41, 5.74) is 4.26. The van der Waals surface area contributed by atoms with Crippen molar-refractivity contribution in [2.75, 3.05) is 18.5 Å². The Bertz CT molecular complexity index is 862. The zero-order valence-electron chi connectivity index (χ0n) is 16.4. The fourth-order valence-electron chi connectivity index (χ4n) is 3.35. The van der Waals surface area contributed by atoms with E-state index in [0.29, 0.717) is 18.8 Å². The van der Waals surface area contributed by atoms with E-state index >= 15 is 0 Å². The Hall–Kier alpha value is -2.82. The molecule has 142 valence electrons. The van der Waals surface area contributed by atoms with Crippen molar-refractivity contribution in [3.8, 4) is 5.75 Å². The lowest BCUT2D eigenvalue weighted by molar-refractivity contribution is -0.130. The molecule has 1 heterocycles. The highest BCUT2D eigenvalue weighted by molar-refractivity contribution is 6.00. The van der Waals surface area contributed by atoms with Gasteiger partial charge < -0.3 is 14.5 Å². The van der Waals surface area contributed by atoms with Gasteiger partial charge in [0, 0.05) is 26.6 Å². The standard InChI is InChI=1S/C22H26N2O3/c1-15-9-10-18(16(2)13-15)14-23(4)21(25)11-12-24-19-7-5-6-8-20(19)27-17(3)22(24)26/h5-10,13,17H,11-12,14H2,1-4H3/t17-/m0/s1. The number of rotatable bonds is 5. The van der Waals surface area contributed by atoms with E-state index in [-0.39, 0.29) is 18.2 Å². The van der Waals surface area contributed by atoms with Crippen LogP contribution in [0.3, 0.4) is 0 Å². The van der Waals surface area contributed by atoms with Gasteiger partial charge in [0.05, 0.1) is 5.69 Å². The van der Waals surface area contributed by atoms with Gasteiger partial charge in [-0.25, -0.2) is 0 Å². The van der Waals surface area contributed by atoms with Crippen LogP contribution in [0.25, 0.3) is 0 Å². The summed E-state index contributed by atoms with van der Waals surface area (Å²) in [4.78, 5) is 28.5. The monoisotopic (exact) mass is 366 g/mol. The van der Waals surface area contributed by atoms with E-state index in [1.54, 1.807) is 23.8 Å². The molecule has 0 aliphatic carbocycles. The molecule has 1 aliphatic rings. The Balaban J connectivity index is 1.65. The zero-order chi connectivity index (χ0) is 19.6. The van der Waals surface area contributed by atoms with Crippen LogP contribution in [0.1, 0.15) is 30.0 Å². The second-order valence-electron chi connectivity index (χ2n) is 7.15. The number of benzene rings is 2. The minimum Gasteiger partial charge on any atom is -0.479 e. The molecule has 0 spiro atoms. The van der Waals surface area contributed by atoms with E-state index < -0.39 is 6.10 Å². The maximum atomic E-state index is 12.6. The number of amides is 2. The lowest BCUT2D eigenvalue weighted by Gasteiger charge is -2.33. The highest BCUT2D eigenvalue weighted by atomic mass is 16.5. The molecule has 3 rings (SSSR count). The third-order valence-corrected chi connectivity index (χ3v) is 4.95. The van der Waals surface area contributed by atoms with Gasteiger partial charge in [0.1, 0.15) is 5.75 Å². The molecule has 0 aromatic heterocycles. The molecular formula is C22H26N2O3. The largest absolute Gasteiger partial charge is 0.479 e. The second-order valence-corrected chi connectivity index (χ2v) is 7.15. The van der Waals surface area contributed by atoms with Gasteiger partial charge in [-0.1, -0.05) is 35.9 Å². The van der Waals surface area contributed by atoms with Crippen LogP contribution in [0.15, 0.2) is 42.5 Å². The zero-order valence-corrected chi connectivity index (χ0v) is 16.4. The van der Waals surface area contributed by atoms with Crippen LogP contribution in [0, 0.1) is 13.8 Å². The number of ether oxygens (including phenoxy) is 1. The van der Waals surface area contributed by atoms with Gasteiger partial charge in [0.2, 0.25) is 5.91 Å². The molecule has 0 N–H and O–H groups in total. The molecule has 5 nitrogen and oxygen atoms in total. The summed E-state index contributed by atoms with van der Waals surface area (Å²) in [7, 11) is 1.80. The summed E-state index contributed by atoms with van der Waals surface area (Å²) >= 11 is 0. The van der Waals surface area contributed by atoms with Gasteiger partial charge in [0.15, 0.2) is 6.10 Å². The van der Waals surface area contributed by atoms with E-state index in [4.69, 9.17) is 4.74 Å². The summed E-state index contributed by atoms with van der Waals surface area (Å²) in [6, 6.07) is 13.7. The first-order valence-corrected chi connectivity index (χ1v) is 9.24. The van der Waals surface area contributed by atoms with Gasteiger partial charge in [-0.15, -0.1) is 0 Å². The number of para-hydroxylation sites is 2. The Labute approximate surface area is 160 Å². The van der Waals surface area contributed by atoms with Crippen LogP contribution in [0.2, 0.25) is 0 Å². The van der Waals surface area contributed by atoms with Crippen LogP contribution in [-0.4, -0.2) is 36.4 Å². The van der Waals surface area contributed by atoms with Crippen LogP contribution >= 0.6 is 0 Å². The Morgan fingerprint density at radius 1 is 1.19 bits per heavy atom. The molecular weight excluding hydrogens is 340 g/mol. The van der Waals surface area contributed by atoms with Crippen LogP contribution in [0.4, 0.5) is 5.69 Å². The average molecular weight is 366 g/mol. The van der Waals surface area contributed by atoms with Gasteiger partial charge in [-0.2, -0.15) is 0 Å². The molecule has 1 atom stereocenters. The molecule has 0 saturated carbocycles. The lowest BCUT2D eigenvalue weighted by Crippen LogP contribution is -2.45. The number of hydrogen-bond donors (Lipinski definition) is 0. The van der Waals surface area contributed by atoms with E-state index in [1.807, 2.05) is 24.3 Å². The number of carbonyl (C=O) groups is 2. The number of hydrogen-bond acceptors (Lipinski definition) is 3. The number of carbonyl (C=O) groups excluding carboxylic acids is 2. The predicted molar refractivity (Wildman–Crippen MR) is 106 cm³/mol. The van der Waals surface area contributed by atoms with Crippen molar-refractivity contribution < 1.29 is 14.3 Å². The van der Waals surface area contributed by atoms with E-state index in [9.17, 15) is 9.59 Å². The number of nitrogens with zero attached hydrogens (tertiary/aromatic N) is 2. The third-order valence-electron chi connectivity index (χ3n) is 4.95. The molecule has 1 aliphatic heterocycles. The number of aryl methyl sites for hydroxylation is 2. The Morgan fingerprint density at radius 2 is 1.93 bits per heavy atom. The van der Waals surface area contributed by atoms with Crippen LogP contribution < -0.4 is 9.64 Å². The second kappa shape index (κ2) is 7.82. The number of fused-ring (bicyclic) bond motifs is 1. The van der Waals surface area contributed by atoms with Crippen LogP contribution in [0.5, 0.6) is 5.75 Å². The van der Waals surface area contributed by atoms with Crippen molar-refractivity contribution in [2.24, 2.45) is 0 Å². The third kappa shape index (κ3) is 4.13. The average Bonchev–Trinajstić information content (AvgIpc) is 2.64. The molecule has 2 aromatic carbocycles. The lowest BCUT2D eigenvalue weighted by atomic mass is 10.1. The molecule has 0 radical (unpaired) electrons. The minimum atomic E-state index is -0.539. The smallest absolute Gasteiger partial charge is 0.267 e. The highest BCUT2D eigenvalue weighted by Crippen LogP contribution is 2.33. The molecule has 2 aromatic rings. The normalized spacial score (nSPS) is 15.9. The molecule has 27 heavy (non-hydrogen) atoms. The topological polar surface area (TPSA) is 49.9 Å². The fourth-order valence-corrected chi connectivity index (χ4v) is 3.35. The fraction of sp³-hybridized carbons (Fsp3) is 0.364. The van der Waals surface area contributed by atoms with Crippen LogP contribution in [-0.2, 0) is 16.1 Å². The van der Waals surface area contributed by atoms with Gasteiger partial charge >= 0.3 is 0 Å². The number of anilines is 1. The SMILES string of the molecule is Cc1ccc(CN(C)C(=O)CCN2C(=O)[C@H](C)Oc3ccccc32)c(C)c1. The van der Waals surface area contributed by atoms with Crippen molar-refractivity contribution >= 4 is 17.5 Å². The molecule has 0 saturated heterocycles. The van der Waals surface area contributed by atoms with E-state index in [2.05, 4.69) is 32.0 Å². The summed E-state index contributed by atoms with van der Waals surface area (Å²) in [6.07, 6.45) is -0.267. The van der Waals surface area contributed by atoms with Gasteiger partial charge in [0.25, 0.3) is 5.91 Å². The predicted octanol–water partition coefficient (Wildman–Crippen LogP) is 3.47. The van der Waals surface area contributed by atoms with Crippen molar-refractivity contribution in [3.05, 3.63) is 59.2 Å². The maximum absolute atomic E-state index is 12.6. The molecule has 0 unspecified atom stereocenters. The molecule has 0 bridgehead atoms. The van der Waals surface area contributed by atoms with E-state index in [0.717, 1.165) is 11.3 Å². The van der Waals surface area contributed by atoms with Gasteiger partial charge in [-0.05, 0) is 44.0 Å². The molecule has 2 amide bonds. The van der Waals surface area contributed by atoms with E-state index in [1.165, 1.54) is 11.1 Å². The quantitative estimate of drug-likeness (QED) is 0.814. The molecule has 5 heteroatoms. The first-order valence-electron chi connectivity index (χ1n) is 9.24. The molecule has 0 fully saturated rings. The highest BCUT2D eigenvalue weighted by Gasteiger charge is 2.31. The summed E-state index contributed by atoms with van der Waals surface area (Å²) < 4.78 is 5.64. The summed E-state index contributed by atoms with van der Waals surface area (Å²) in [5, 5.41) is 0. The first-order chi connectivity index (χ1) is 12.9. The first kappa shape index (κ1) is 19.0. The summed E-state index contributed by atoms with van der Waals surface area (Å²) in [5.74, 6) is 0.582. The minimum absolute atomic E-state index is 0.0133. The Morgan fingerprint density at radius 3 is 2.67 bits per heavy atom. The maximum Gasteiger partial charge on any atom is 0.267 e. The van der Waals surface area contributed by atoms with Crippen molar-refractivity contribution in [1.82, 2.24) is 4.90 Å². The van der Waals surface area contributed by atoms with Crippen molar-refractivity contribution in [3.63, 3.8) is 0 Å². The summed E-state index contributed by atoms with van der Waals surface area (Å²) in [6.45, 7) is 6.77. The van der Waals surface area contributed by atoms with Crippen molar-refractivity contribution in [2.45, 2.75) is 39.8 Å². The Kier molecular flexibility index (Phi) is 5.49. The van der Waals surface area contributed by atoms with Gasteiger partial charge in [-0.3, -0.25) is 9.59 Å². The van der Waals surface area contributed by atoms with Crippen molar-refractivity contribution in [1.29, 1.82) is 0 Å².